The van der Waals surface area contributed by atoms with E-state index in [2.05, 4.69) is 15.8 Å². The normalized spacial score (nSPS) is 12.2. The molecule has 2 aromatic carbocycles. The van der Waals surface area contributed by atoms with E-state index in [0.717, 1.165) is 22.2 Å². The van der Waals surface area contributed by atoms with Crippen molar-refractivity contribution >= 4 is 46.5 Å². The molecule has 1 unspecified atom stereocenters. The van der Waals surface area contributed by atoms with Gasteiger partial charge in [-0.3, -0.25) is 14.4 Å². The SMILES string of the molecule is CCOC(=O)Cn1c(C)c(/C=N\NC(=O)C(NC(=O)c2cccc(Cl)c2)C(C)C)c2ccccc21. The van der Waals surface area contributed by atoms with Crippen molar-refractivity contribution in [2.75, 3.05) is 6.61 Å². The fraction of sp³-hybridized carbons (Fsp3) is 0.308. The maximum atomic E-state index is 12.8. The summed E-state index contributed by atoms with van der Waals surface area (Å²) in [5.74, 6) is -1.35. The van der Waals surface area contributed by atoms with Gasteiger partial charge in [-0.25, -0.2) is 5.43 Å². The Bertz CT molecular complexity index is 1270. The lowest BCUT2D eigenvalue weighted by Gasteiger charge is -2.20. The molecule has 0 aliphatic carbocycles. The summed E-state index contributed by atoms with van der Waals surface area (Å²) in [6.07, 6.45) is 1.55. The molecule has 35 heavy (non-hydrogen) atoms. The van der Waals surface area contributed by atoms with Gasteiger partial charge < -0.3 is 14.6 Å². The number of hydrazone groups is 1. The summed E-state index contributed by atoms with van der Waals surface area (Å²) in [6.45, 7) is 7.69. The van der Waals surface area contributed by atoms with Crippen molar-refractivity contribution in [1.29, 1.82) is 0 Å². The summed E-state index contributed by atoms with van der Waals surface area (Å²) in [4.78, 5) is 37.6. The number of rotatable bonds is 9. The number of carbonyl (C=O) groups excluding carboxylic acids is 3. The molecule has 3 aromatic rings. The number of aromatic nitrogens is 1. The number of hydrogen-bond acceptors (Lipinski definition) is 5. The minimum atomic E-state index is -0.801. The number of halogens is 1. The van der Waals surface area contributed by atoms with Gasteiger partial charge in [-0.2, -0.15) is 5.10 Å². The van der Waals surface area contributed by atoms with Gasteiger partial charge in [-0.05, 0) is 44.0 Å². The van der Waals surface area contributed by atoms with Gasteiger partial charge in [0, 0.05) is 32.7 Å². The molecule has 2 N–H and O–H groups in total. The molecular formula is C26H29ClN4O4. The molecule has 0 aliphatic rings. The second-order valence-electron chi connectivity index (χ2n) is 8.35. The number of ether oxygens (including phenoxy) is 1. The highest BCUT2D eigenvalue weighted by Gasteiger charge is 2.25. The van der Waals surface area contributed by atoms with E-state index in [1.54, 1.807) is 37.4 Å². The van der Waals surface area contributed by atoms with Crippen LogP contribution in [0.1, 0.15) is 42.4 Å². The third-order valence-electron chi connectivity index (χ3n) is 5.56. The third-order valence-corrected chi connectivity index (χ3v) is 5.80. The van der Waals surface area contributed by atoms with Gasteiger partial charge >= 0.3 is 5.97 Å². The van der Waals surface area contributed by atoms with Crippen molar-refractivity contribution in [3.63, 3.8) is 0 Å². The van der Waals surface area contributed by atoms with Crippen LogP contribution in [-0.2, 0) is 20.9 Å². The maximum Gasteiger partial charge on any atom is 0.325 e. The Morgan fingerprint density at radius 1 is 1.14 bits per heavy atom. The smallest absolute Gasteiger partial charge is 0.325 e. The zero-order valence-electron chi connectivity index (χ0n) is 20.2. The van der Waals surface area contributed by atoms with Gasteiger partial charge in [0.25, 0.3) is 11.8 Å². The Hall–Kier alpha value is -3.65. The Kier molecular flexibility index (Phi) is 8.65. The van der Waals surface area contributed by atoms with Gasteiger partial charge in [-0.1, -0.05) is 49.7 Å². The first kappa shape index (κ1) is 26.0. The number of fused-ring (bicyclic) bond motifs is 1. The van der Waals surface area contributed by atoms with E-state index in [1.807, 2.05) is 49.6 Å². The molecule has 0 radical (unpaired) electrons. The first-order valence-corrected chi connectivity index (χ1v) is 11.7. The Balaban J connectivity index is 1.77. The minimum Gasteiger partial charge on any atom is -0.465 e. The molecule has 0 fully saturated rings. The summed E-state index contributed by atoms with van der Waals surface area (Å²) in [5, 5.41) is 8.23. The zero-order chi connectivity index (χ0) is 25.5. The number of nitrogens with one attached hydrogen (secondary N) is 2. The van der Waals surface area contributed by atoms with Crippen LogP contribution in [0.3, 0.4) is 0 Å². The number of esters is 1. The Morgan fingerprint density at radius 3 is 2.57 bits per heavy atom. The van der Waals surface area contributed by atoms with E-state index in [4.69, 9.17) is 16.3 Å². The number of benzene rings is 2. The van der Waals surface area contributed by atoms with Crippen molar-refractivity contribution in [3.05, 3.63) is 70.4 Å². The van der Waals surface area contributed by atoms with Gasteiger partial charge in [0.05, 0.1) is 12.8 Å². The molecule has 184 valence electrons. The molecule has 0 bridgehead atoms. The quantitative estimate of drug-likeness (QED) is 0.265. The molecule has 9 heteroatoms. The molecule has 0 saturated heterocycles. The molecule has 1 atom stereocenters. The van der Waals surface area contributed by atoms with Crippen LogP contribution < -0.4 is 10.7 Å². The molecule has 3 rings (SSSR count). The predicted octanol–water partition coefficient (Wildman–Crippen LogP) is 4.07. The monoisotopic (exact) mass is 496 g/mol. The number of nitrogens with zero attached hydrogens (tertiary/aromatic N) is 2. The van der Waals surface area contributed by atoms with E-state index in [-0.39, 0.29) is 18.4 Å². The van der Waals surface area contributed by atoms with Crippen LogP contribution in [-0.4, -0.2) is 41.2 Å². The van der Waals surface area contributed by atoms with Crippen LogP contribution in [0.5, 0.6) is 0 Å². The third kappa shape index (κ3) is 6.27. The minimum absolute atomic E-state index is 0.0747. The van der Waals surface area contributed by atoms with Crippen LogP contribution in [0.15, 0.2) is 53.6 Å². The summed E-state index contributed by atoms with van der Waals surface area (Å²) in [6, 6.07) is 13.3. The summed E-state index contributed by atoms with van der Waals surface area (Å²) >= 11 is 5.97. The largest absolute Gasteiger partial charge is 0.465 e. The number of carbonyl (C=O) groups is 3. The fourth-order valence-electron chi connectivity index (χ4n) is 3.78. The lowest BCUT2D eigenvalue weighted by molar-refractivity contribution is -0.143. The van der Waals surface area contributed by atoms with Gasteiger partial charge in [-0.15, -0.1) is 0 Å². The summed E-state index contributed by atoms with van der Waals surface area (Å²) < 4.78 is 6.96. The predicted molar refractivity (Wildman–Crippen MR) is 137 cm³/mol. The average molecular weight is 497 g/mol. The molecule has 8 nitrogen and oxygen atoms in total. The Morgan fingerprint density at radius 2 is 1.89 bits per heavy atom. The van der Waals surface area contributed by atoms with E-state index >= 15 is 0 Å². The molecule has 0 aliphatic heterocycles. The van der Waals surface area contributed by atoms with E-state index in [1.165, 1.54) is 0 Å². The Labute approximate surface area is 209 Å². The lowest BCUT2D eigenvalue weighted by Crippen LogP contribution is -2.48. The summed E-state index contributed by atoms with van der Waals surface area (Å²) in [7, 11) is 0. The second-order valence-corrected chi connectivity index (χ2v) is 8.78. The van der Waals surface area contributed by atoms with Gasteiger partial charge in [0.2, 0.25) is 0 Å². The number of para-hydroxylation sites is 1. The highest BCUT2D eigenvalue weighted by molar-refractivity contribution is 6.31. The van der Waals surface area contributed by atoms with E-state index < -0.39 is 17.9 Å². The van der Waals surface area contributed by atoms with Crippen LogP contribution in [0.2, 0.25) is 5.02 Å². The van der Waals surface area contributed by atoms with Crippen LogP contribution in [0.4, 0.5) is 0 Å². The van der Waals surface area contributed by atoms with E-state index in [0.29, 0.717) is 17.2 Å². The molecular weight excluding hydrogens is 468 g/mol. The van der Waals surface area contributed by atoms with Crippen molar-refractivity contribution < 1.29 is 19.1 Å². The molecule has 1 heterocycles. The zero-order valence-corrected chi connectivity index (χ0v) is 20.9. The van der Waals surface area contributed by atoms with Gasteiger partial charge in [0.1, 0.15) is 12.6 Å². The van der Waals surface area contributed by atoms with Gasteiger partial charge in [0.15, 0.2) is 0 Å². The van der Waals surface area contributed by atoms with Crippen LogP contribution in [0.25, 0.3) is 10.9 Å². The highest BCUT2D eigenvalue weighted by Crippen LogP contribution is 2.24. The fourth-order valence-corrected chi connectivity index (χ4v) is 3.97. The standard InChI is InChI=1S/C26H29ClN4O4/c1-5-35-23(32)15-31-17(4)21(20-11-6-7-12-22(20)31)14-28-30-26(34)24(16(2)3)29-25(33)18-9-8-10-19(27)13-18/h6-14,16,24H,5,15H2,1-4H3,(H,29,33)(H,30,34)/b28-14-. The van der Waals surface area contributed by atoms with E-state index in [9.17, 15) is 14.4 Å². The molecule has 0 saturated carbocycles. The van der Waals surface area contributed by atoms with Crippen molar-refractivity contribution in [3.8, 4) is 0 Å². The summed E-state index contributed by atoms with van der Waals surface area (Å²) in [5.41, 5.74) is 5.34. The second kappa shape index (κ2) is 11.7. The van der Waals surface area contributed by atoms with Crippen molar-refractivity contribution in [1.82, 2.24) is 15.3 Å². The average Bonchev–Trinajstić information content (AvgIpc) is 3.08. The van der Waals surface area contributed by atoms with Crippen LogP contribution in [0, 0.1) is 12.8 Å². The van der Waals surface area contributed by atoms with Crippen molar-refractivity contribution in [2.24, 2.45) is 11.0 Å². The van der Waals surface area contributed by atoms with Crippen LogP contribution >= 0.6 is 11.6 Å². The number of amides is 2. The highest BCUT2D eigenvalue weighted by atomic mass is 35.5. The molecule has 1 aromatic heterocycles. The topological polar surface area (TPSA) is 102 Å². The molecule has 0 spiro atoms. The first-order valence-electron chi connectivity index (χ1n) is 11.4. The number of hydrogen-bond donors (Lipinski definition) is 2. The lowest BCUT2D eigenvalue weighted by atomic mass is 10.0. The maximum absolute atomic E-state index is 12.8. The van der Waals surface area contributed by atoms with Crippen molar-refractivity contribution in [2.45, 2.75) is 40.3 Å². The first-order chi connectivity index (χ1) is 16.7. The molecule has 2 amide bonds.